The van der Waals surface area contributed by atoms with Crippen LogP contribution in [0.3, 0.4) is 0 Å². The van der Waals surface area contributed by atoms with Crippen molar-refractivity contribution in [3.05, 3.63) is 107 Å². The molecule has 4 rings (SSSR count). The average Bonchev–Trinajstić information content (AvgIpc) is 2.90. The number of hydrogen-bond acceptors (Lipinski definition) is 4. The molecule has 35 heavy (non-hydrogen) atoms. The molecule has 0 amide bonds. The Balaban J connectivity index is 1.36. The van der Waals surface area contributed by atoms with E-state index in [0.29, 0.717) is 6.61 Å². The maximum Gasteiger partial charge on any atom is 0.0841 e. The highest BCUT2D eigenvalue weighted by atomic mass is 16.5. The number of hydrogen-bond donors (Lipinski definition) is 1. The van der Waals surface area contributed by atoms with Gasteiger partial charge >= 0.3 is 0 Å². The summed E-state index contributed by atoms with van der Waals surface area (Å²) in [5.41, 5.74) is 5.43. The molecule has 0 radical (unpaired) electrons. The third-order valence-electron chi connectivity index (χ3n) is 7.53. The van der Waals surface area contributed by atoms with Crippen molar-refractivity contribution in [2.45, 2.75) is 44.1 Å². The lowest BCUT2D eigenvalue weighted by molar-refractivity contribution is 0.0342. The van der Waals surface area contributed by atoms with E-state index in [9.17, 15) is 0 Å². The summed E-state index contributed by atoms with van der Waals surface area (Å²) in [7, 11) is 6.45. The van der Waals surface area contributed by atoms with E-state index in [1.54, 1.807) is 0 Å². The number of ether oxygens (including phenoxy) is 1. The van der Waals surface area contributed by atoms with Crippen molar-refractivity contribution in [2.24, 2.45) is 0 Å². The lowest BCUT2D eigenvalue weighted by Crippen LogP contribution is -2.50. The summed E-state index contributed by atoms with van der Waals surface area (Å²) in [5, 5.41) is 3.26. The summed E-state index contributed by atoms with van der Waals surface area (Å²) in [6.07, 6.45) is 3.36. The number of benzene rings is 3. The Kier molecular flexibility index (Phi) is 9.11. The van der Waals surface area contributed by atoms with E-state index in [0.717, 1.165) is 45.4 Å². The Morgan fingerprint density at radius 3 is 2.20 bits per heavy atom. The van der Waals surface area contributed by atoms with Crippen molar-refractivity contribution < 1.29 is 4.74 Å². The van der Waals surface area contributed by atoms with Gasteiger partial charge in [-0.05, 0) is 69.2 Å². The SMILES string of the molecule is CNCC[C@H](OCc1cccc(CN2CCC(c3ccccc3)(N(C)C)CC2)c1)c1ccccc1. The molecule has 1 fully saturated rings. The number of likely N-dealkylation sites (tertiary alicyclic amines) is 1. The van der Waals surface area contributed by atoms with Crippen molar-refractivity contribution >= 4 is 0 Å². The lowest BCUT2D eigenvalue weighted by Gasteiger charge is -2.46. The minimum atomic E-state index is 0.103. The molecule has 4 nitrogen and oxygen atoms in total. The molecule has 0 aromatic heterocycles. The van der Waals surface area contributed by atoms with Crippen LogP contribution in [0.1, 0.15) is 47.6 Å². The van der Waals surface area contributed by atoms with Crippen LogP contribution in [-0.2, 0) is 23.4 Å². The van der Waals surface area contributed by atoms with Gasteiger partial charge in [-0.3, -0.25) is 9.80 Å². The average molecular weight is 472 g/mol. The lowest BCUT2D eigenvalue weighted by atomic mass is 9.79. The second-order valence-electron chi connectivity index (χ2n) is 9.99. The molecule has 1 aliphatic rings. The summed E-state index contributed by atoms with van der Waals surface area (Å²) in [4.78, 5) is 5.03. The molecule has 1 aliphatic heterocycles. The Labute approximate surface area is 211 Å². The first kappa shape index (κ1) is 25.6. The van der Waals surface area contributed by atoms with Crippen molar-refractivity contribution in [2.75, 3.05) is 40.8 Å². The third kappa shape index (κ3) is 6.59. The fourth-order valence-corrected chi connectivity index (χ4v) is 5.39. The zero-order valence-electron chi connectivity index (χ0n) is 21.6. The molecule has 186 valence electrons. The van der Waals surface area contributed by atoms with E-state index in [2.05, 4.69) is 114 Å². The Bertz CT molecular complexity index is 1010. The van der Waals surface area contributed by atoms with Crippen molar-refractivity contribution in [1.82, 2.24) is 15.1 Å². The van der Waals surface area contributed by atoms with Crippen LogP contribution < -0.4 is 5.32 Å². The quantitative estimate of drug-likeness (QED) is 0.394. The van der Waals surface area contributed by atoms with Gasteiger partial charge in [0.2, 0.25) is 0 Å². The van der Waals surface area contributed by atoms with E-state index in [1.165, 1.54) is 22.3 Å². The van der Waals surface area contributed by atoms with Gasteiger partial charge in [-0.2, -0.15) is 0 Å². The topological polar surface area (TPSA) is 27.7 Å². The molecule has 0 saturated carbocycles. The van der Waals surface area contributed by atoms with Crippen molar-refractivity contribution in [3.63, 3.8) is 0 Å². The van der Waals surface area contributed by atoms with Crippen molar-refractivity contribution in [1.29, 1.82) is 0 Å². The molecule has 1 heterocycles. The van der Waals surface area contributed by atoms with Crippen LogP contribution in [0, 0.1) is 0 Å². The molecule has 0 unspecified atom stereocenters. The summed E-state index contributed by atoms with van der Waals surface area (Å²) in [6.45, 7) is 4.77. The van der Waals surface area contributed by atoms with Gasteiger partial charge in [0.25, 0.3) is 0 Å². The molecule has 3 aromatic carbocycles. The summed E-state index contributed by atoms with van der Waals surface area (Å²) >= 11 is 0. The van der Waals surface area contributed by atoms with Crippen LogP contribution in [0.2, 0.25) is 0 Å². The molecule has 1 saturated heterocycles. The molecule has 1 atom stereocenters. The zero-order chi connectivity index (χ0) is 24.5. The normalized spacial score (nSPS) is 16.9. The predicted octanol–water partition coefficient (Wildman–Crippen LogP) is 5.61. The predicted molar refractivity (Wildman–Crippen MR) is 145 cm³/mol. The number of nitrogens with zero attached hydrogens (tertiary/aromatic N) is 2. The van der Waals surface area contributed by atoms with Gasteiger partial charge in [0, 0.05) is 25.2 Å². The monoisotopic (exact) mass is 471 g/mol. The molecular weight excluding hydrogens is 430 g/mol. The standard InChI is InChI=1S/C31H41N3O/c1-32-20-17-30(28-13-6-4-7-14-28)35-25-27-12-10-11-26(23-27)24-34-21-18-31(19-22-34,33(2)3)29-15-8-5-9-16-29/h4-16,23,30,32H,17-22,24-25H2,1-3H3/t30-/m0/s1. The van der Waals surface area contributed by atoms with Gasteiger partial charge in [0.1, 0.15) is 0 Å². The minimum absolute atomic E-state index is 0.103. The molecular formula is C31H41N3O. The highest BCUT2D eigenvalue weighted by Crippen LogP contribution is 2.37. The van der Waals surface area contributed by atoms with Gasteiger partial charge in [0.05, 0.1) is 12.7 Å². The molecule has 3 aromatic rings. The minimum Gasteiger partial charge on any atom is -0.369 e. The molecule has 0 spiro atoms. The first-order valence-electron chi connectivity index (χ1n) is 12.9. The number of rotatable bonds is 11. The van der Waals surface area contributed by atoms with E-state index >= 15 is 0 Å². The van der Waals surface area contributed by atoms with Crippen LogP contribution in [-0.4, -0.2) is 50.6 Å². The first-order valence-corrected chi connectivity index (χ1v) is 12.9. The summed E-state index contributed by atoms with van der Waals surface area (Å²) in [5.74, 6) is 0. The Morgan fingerprint density at radius 1 is 0.886 bits per heavy atom. The molecule has 0 aliphatic carbocycles. The van der Waals surface area contributed by atoms with Gasteiger partial charge in [-0.15, -0.1) is 0 Å². The van der Waals surface area contributed by atoms with Gasteiger partial charge < -0.3 is 10.1 Å². The van der Waals surface area contributed by atoms with Crippen LogP contribution >= 0.6 is 0 Å². The fraction of sp³-hybridized carbons (Fsp3) is 0.419. The molecule has 1 N–H and O–H groups in total. The zero-order valence-corrected chi connectivity index (χ0v) is 21.6. The van der Waals surface area contributed by atoms with E-state index < -0.39 is 0 Å². The van der Waals surface area contributed by atoms with E-state index in [-0.39, 0.29) is 11.6 Å². The van der Waals surface area contributed by atoms with Crippen LogP contribution in [0.15, 0.2) is 84.9 Å². The maximum absolute atomic E-state index is 6.40. The van der Waals surface area contributed by atoms with Crippen LogP contribution in [0.25, 0.3) is 0 Å². The van der Waals surface area contributed by atoms with Crippen molar-refractivity contribution in [3.8, 4) is 0 Å². The number of piperidine rings is 1. The largest absolute Gasteiger partial charge is 0.369 e. The number of nitrogens with one attached hydrogen (secondary N) is 1. The first-order chi connectivity index (χ1) is 17.1. The van der Waals surface area contributed by atoms with Crippen LogP contribution in [0.4, 0.5) is 0 Å². The van der Waals surface area contributed by atoms with E-state index in [1.807, 2.05) is 7.05 Å². The second kappa shape index (κ2) is 12.5. The Hall–Kier alpha value is -2.50. The highest BCUT2D eigenvalue weighted by Gasteiger charge is 2.37. The molecule has 4 heteroatoms. The van der Waals surface area contributed by atoms with Gasteiger partial charge in [-0.25, -0.2) is 0 Å². The Morgan fingerprint density at radius 2 is 1.54 bits per heavy atom. The highest BCUT2D eigenvalue weighted by molar-refractivity contribution is 5.27. The fourth-order valence-electron chi connectivity index (χ4n) is 5.39. The second-order valence-corrected chi connectivity index (χ2v) is 9.99. The molecule has 0 bridgehead atoms. The van der Waals surface area contributed by atoms with Gasteiger partial charge in [0.15, 0.2) is 0 Å². The summed E-state index contributed by atoms with van der Waals surface area (Å²) in [6, 6.07) is 30.5. The van der Waals surface area contributed by atoms with Crippen LogP contribution in [0.5, 0.6) is 0 Å². The van der Waals surface area contributed by atoms with E-state index in [4.69, 9.17) is 4.74 Å². The third-order valence-corrected chi connectivity index (χ3v) is 7.53. The van der Waals surface area contributed by atoms with Gasteiger partial charge in [-0.1, -0.05) is 84.9 Å². The summed E-state index contributed by atoms with van der Waals surface area (Å²) < 4.78 is 6.40. The maximum atomic E-state index is 6.40. The smallest absolute Gasteiger partial charge is 0.0841 e.